The Kier molecular flexibility index (Phi) is 4.25. The lowest BCUT2D eigenvalue weighted by Gasteiger charge is -2.30. The second-order valence-corrected chi connectivity index (χ2v) is 9.96. The predicted octanol–water partition coefficient (Wildman–Crippen LogP) is 8.99. The number of benzene rings is 4. The Morgan fingerprint density at radius 1 is 0.697 bits per heavy atom. The molecule has 0 saturated heterocycles. The summed E-state index contributed by atoms with van der Waals surface area (Å²) in [6.45, 7) is 0. The summed E-state index contributed by atoms with van der Waals surface area (Å²) >= 11 is 1.91. The average Bonchev–Trinajstić information content (AvgIpc) is 3.27. The summed E-state index contributed by atoms with van der Waals surface area (Å²) in [5.74, 6) is 0.425. The maximum Gasteiger partial charge on any atom is 0.0439 e. The molecule has 2 aliphatic carbocycles. The van der Waals surface area contributed by atoms with Crippen molar-refractivity contribution >= 4 is 33.6 Å². The van der Waals surface area contributed by atoms with Gasteiger partial charge in [0.05, 0.1) is 0 Å². The Labute approximate surface area is 198 Å². The molecule has 0 saturated carbocycles. The van der Waals surface area contributed by atoms with Crippen molar-refractivity contribution in [2.24, 2.45) is 0 Å². The van der Waals surface area contributed by atoms with Crippen LogP contribution in [0.4, 0.5) is 0 Å². The van der Waals surface area contributed by atoms with Crippen molar-refractivity contribution < 1.29 is 0 Å². The first kappa shape index (κ1) is 18.8. The van der Waals surface area contributed by atoms with Crippen molar-refractivity contribution in [1.29, 1.82) is 0 Å². The van der Waals surface area contributed by atoms with E-state index >= 15 is 0 Å². The molecule has 0 amide bonds. The van der Waals surface area contributed by atoms with E-state index in [2.05, 4.69) is 115 Å². The first-order chi connectivity index (χ1) is 16.4. The number of hydrogen-bond donors (Lipinski definition) is 0. The molecular formula is C32H22S. The first-order valence-corrected chi connectivity index (χ1v) is 12.4. The van der Waals surface area contributed by atoms with Crippen LogP contribution in [0.15, 0.2) is 109 Å². The fourth-order valence-corrected chi connectivity index (χ4v) is 6.77. The highest BCUT2D eigenvalue weighted by Crippen LogP contribution is 2.49. The van der Waals surface area contributed by atoms with Crippen LogP contribution in [-0.4, -0.2) is 0 Å². The van der Waals surface area contributed by atoms with Gasteiger partial charge in [0.1, 0.15) is 0 Å². The first-order valence-electron chi connectivity index (χ1n) is 11.5. The maximum atomic E-state index is 2.38. The van der Waals surface area contributed by atoms with Gasteiger partial charge in [0.2, 0.25) is 0 Å². The number of rotatable bonds is 2. The van der Waals surface area contributed by atoms with Gasteiger partial charge >= 0.3 is 0 Å². The minimum atomic E-state index is 0.425. The van der Waals surface area contributed by atoms with E-state index in [1.165, 1.54) is 59.5 Å². The van der Waals surface area contributed by atoms with Crippen LogP contribution in [0.25, 0.3) is 43.8 Å². The highest BCUT2D eigenvalue weighted by atomic mass is 32.1. The van der Waals surface area contributed by atoms with E-state index in [0.717, 1.165) is 6.42 Å². The Hall–Kier alpha value is -3.68. The molecule has 1 heterocycles. The lowest BCUT2D eigenvalue weighted by Crippen LogP contribution is -2.14. The van der Waals surface area contributed by atoms with E-state index in [4.69, 9.17) is 0 Å². The fraction of sp³-hybridized carbons (Fsp3) is 0.0625. The van der Waals surface area contributed by atoms with Gasteiger partial charge in [0.25, 0.3) is 0 Å². The van der Waals surface area contributed by atoms with Crippen molar-refractivity contribution in [2.75, 3.05) is 0 Å². The maximum absolute atomic E-state index is 2.38. The number of thiophene rings is 1. The molecule has 33 heavy (non-hydrogen) atoms. The average molecular weight is 439 g/mol. The Morgan fingerprint density at radius 2 is 1.52 bits per heavy atom. The zero-order valence-corrected chi connectivity index (χ0v) is 19.0. The van der Waals surface area contributed by atoms with Gasteiger partial charge in [-0.15, -0.1) is 11.3 Å². The topological polar surface area (TPSA) is 0 Å². The second kappa shape index (κ2) is 7.43. The molecule has 1 aromatic heterocycles. The smallest absolute Gasteiger partial charge is 0.0439 e. The van der Waals surface area contributed by atoms with Crippen LogP contribution in [0.1, 0.15) is 28.2 Å². The van der Waals surface area contributed by atoms with Crippen LogP contribution in [0.5, 0.6) is 0 Å². The van der Waals surface area contributed by atoms with E-state index in [9.17, 15) is 0 Å². The van der Waals surface area contributed by atoms with Crippen LogP contribution in [-0.2, 0) is 6.42 Å². The summed E-state index contributed by atoms with van der Waals surface area (Å²) in [5.41, 5.74) is 11.1. The number of fused-ring (bicyclic) bond motifs is 5. The van der Waals surface area contributed by atoms with E-state index in [1.54, 1.807) is 0 Å². The number of allylic oxidation sites excluding steroid dienone is 2. The number of hydrogen-bond acceptors (Lipinski definition) is 1. The van der Waals surface area contributed by atoms with Gasteiger partial charge in [0, 0.05) is 26.4 Å². The van der Waals surface area contributed by atoms with Gasteiger partial charge in [0.15, 0.2) is 0 Å². The predicted molar refractivity (Wildman–Crippen MR) is 143 cm³/mol. The third kappa shape index (κ3) is 2.97. The third-order valence-electron chi connectivity index (χ3n) is 7.06. The van der Waals surface area contributed by atoms with Gasteiger partial charge in [-0.25, -0.2) is 0 Å². The fourth-order valence-electron chi connectivity index (χ4n) is 5.51. The monoisotopic (exact) mass is 438 g/mol. The molecule has 2 aliphatic rings. The molecule has 1 unspecified atom stereocenters. The largest absolute Gasteiger partial charge is 0.135 e. The SMILES string of the molecule is C1=Cc2c(-c3sc4ccccc4c3-c3ccccc3)cccc2C2Cc3ccccc3C=C12. The molecule has 0 nitrogen and oxygen atoms in total. The lowest BCUT2D eigenvalue weighted by molar-refractivity contribution is 0.790. The quantitative estimate of drug-likeness (QED) is 0.258. The zero-order chi connectivity index (χ0) is 21.8. The van der Waals surface area contributed by atoms with Crippen LogP contribution in [0.2, 0.25) is 0 Å². The van der Waals surface area contributed by atoms with E-state index in [0.29, 0.717) is 5.92 Å². The summed E-state index contributed by atoms with van der Waals surface area (Å²) < 4.78 is 1.34. The van der Waals surface area contributed by atoms with Crippen molar-refractivity contribution in [3.8, 4) is 21.6 Å². The molecule has 7 rings (SSSR count). The Morgan fingerprint density at radius 3 is 2.45 bits per heavy atom. The van der Waals surface area contributed by atoms with Gasteiger partial charge in [-0.2, -0.15) is 0 Å². The van der Waals surface area contributed by atoms with Crippen molar-refractivity contribution in [1.82, 2.24) is 0 Å². The molecule has 156 valence electrons. The van der Waals surface area contributed by atoms with E-state index < -0.39 is 0 Å². The molecule has 4 aromatic carbocycles. The molecule has 0 spiro atoms. The summed E-state index contributed by atoms with van der Waals surface area (Å²) in [6.07, 6.45) is 8.15. The second-order valence-electron chi connectivity index (χ2n) is 8.91. The molecule has 1 heteroatoms. The van der Waals surface area contributed by atoms with Gasteiger partial charge < -0.3 is 0 Å². The Bertz CT molecular complexity index is 1580. The molecule has 1 atom stereocenters. The minimum Gasteiger partial charge on any atom is -0.135 e. The van der Waals surface area contributed by atoms with Gasteiger partial charge in [-0.1, -0.05) is 109 Å². The van der Waals surface area contributed by atoms with Crippen LogP contribution >= 0.6 is 11.3 Å². The lowest BCUT2D eigenvalue weighted by atomic mass is 9.74. The standard InChI is InChI=1S/C32H22S/c1-2-9-21(10-3-1)31-28-13-6-7-16-30(28)33-32(31)27-15-8-14-25-26(27)18-17-24-19-22-11-4-5-12-23(22)20-29(24)25/h1-19,29H,20H2. The van der Waals surface area contributed by atoms with Gasteiger partial charge in [-0.05, 0) is 51.4 Å². The molecule has 0 radical (unpaired) electrons. The molecular weight excluding hydrogens is 416 g/mol. The van der Waals surface area contributed by atoms with Crippen molar-refractivity contribution in [3.05, 3.63) is 131 Å². The van der Waals surface area contributed by atoms with Crippen molar-refractivity contribution in [2.45, 2.75) is 12.3 Å². The summed E-state index contributed by atoms with van der Waals surface area (Å²) in [5, 5.41) is 1.34. The van der Waals surface area contributed by atoms with Crippen LogP contribution in [0, 0.1) is 0 Å². The molecule has 0 aliphatic heterocycles. The van der Waals surface area contributed by atoms with Crippen molar-refractivity contribution in [3.63, 3.8) is 0 Å². The third-order valence-corrected chi connectivity index (χ3v) is 8.27. The summed E-state index contributed by atoms with van der Waals surface area (Å²) in [7, 11) is 0. The summed E-state index contributed by atoms with van der Waals surface area (Å²) in [6, 6.07) is 35.4. The Balaban J connectivity index is 1.45. The van der Waals surface area contributed by atoms with Gasteiger partial charge in [-0.3, -0.25) is 0 Å². The molecule has 0 fully saturated rings. The van der Waals surface area contributed by atoms with E-state index in [1.807, 2.05) is 11.3 Å². The highest BCUT2D eigenvalue weighted by molar-refractivity contribution is 7.23. The minimum absolute atomic E-state index is 0.425. The van der Waals surface area contributed by atoms with Crippen LogP contribution < -0.4 is 0 Å². The van der Waals surface area contributed by atoms with Crippen LogP contribution in [0.3, 0.4) is 0 Å². The highest BCUT2D eigenvalue weighted by Gasteiger charge is 2.28. The van der Waals surface area contributed by atoms with E-state index in [-0.39, 0.29) is 0 Å². The summed E-state index contributed by atoms with van der Waals surface area (Å²) in [4.78, 5) is 1.37. The molecule has 0 bridgehead atoms. The molecule has 5 aromatic rings. The molecule has 0 N–H and O–H groups in total. The zero-order valence-electron chi connectivity index (χ0n) is 18.2. The normalized spacial score (nSPS) is 16.1.